The highest BCUT2D eigenvalue weighted by Gasteiger charge is 2.37. The van der Waals surface area contributed by atoms with Crippen LogP contribution in [0.4, 0.5) is 11.5 Å². The fourth-order valence-corrected chi connectivity index (χ4v) is 6.38. The van der Waals surface area contributed by atoms with E-state index in [1.807, 2.05) is 18.3 Å². The molecule has 8 nitrogen and oxygen atoms in total. The van der Waals surface area contributed by atoms with Crippen LogP contribution in [0.2, 0.25) is 0 Å². The van der Waals surface area contributed by atoms with Crippen LogP contribution in [0.1, 0.15) is 25.0 Å². The number of benzene rings is 1. The van der Waals surface area contributed by atoms with E-state index in [2.05, 4.69) is 68.8 Å². The second-order valence-corrected chi connectivity index (χ2v) is 11.4. The average Bonchev–Trinajstić information content (AvgIpc) is 2.90. The standard InChI is InChI=1S/C29H36N8/c1-21-16-35(26-7-6-23(14-30)28-25(26)4-3-10-32-28)18-24-17-34(12-13-37(21)24)11-9-22-5-8-27(33-15-22)36-19-29(2,31)20-36/h3-8,10,15,21,24H,9,11-13,16-20,31H2,1-2H3/t21-,24+/m1/s1. The normalized spacial score (nSPS) is 23.9. The minimum absolute atomic E-state index is 0.0846. The monoisotopic (exact) mass is 496 g/mol. The topological polar surface area (TPSA) is 88.5 Å². The average molecular weight is 497 g/mol. The number of piperazine rings is 2. The van der Waals surface area contributed by atoms with E-state index in [4.69, 9.17) is 10.7 Å². The maximum atomic E-state index is 9.54. The zero-order valence-electron chi connectivity index (χ0n) is 21.8. The number of rotatable bonds is 5. The number of hydrogen-bond acceptors (Lipinski definition) is 8. The molecule has 0 spiro atoms. The molecule has 2 N–H and O–H groups in total. The van der Waals surface area contributed by atoms with Crippen molar-refractivity contribution >= 4 is 22.4 Å². The molecule has 1 aromatic carbocycles. The van der Waals surface area contributed by atoms with Crippen LogP contribution in [0.25, 0.3) is 10.9 Å². The SMILES string of the molecule is C[C@@H]1CN(c2ccc(C#N)c3ncccc23)C[C@@H]2CN(CCc3ccc(N4CC(C)(N)C4)nc3)CCN21. The second kappa shape index (κ2) is 9.56. The van der Waals surface area contributed by atoms with Gasteiger partial charge in [0, 0.05) is 93.4 Å². The Morgan fingerprint density at radius 1 is 1.05 bits per heavy atom. The molecule has 6 rings (SSSR count). The maximum Gasteiger partial charge on any atom is 0.128 e. The third-order valence-corrected chi connectivity index (χ3v) is 8.26. The van der Waals surface area contributed by atoms with Gasteiger partial charge in [-0.25, -0.2) is 4.98 Å². The Hall–Kier alpha value is -3.25. The predicted octanol–water partition coefficient (Wildman–Crippen LogP) is 2.48. The molecule has 0 bridgehead atoms. The van der Waals surface area contributed by atoms with Crippen molar-refractivity contribution in [2.75, 3.05) is 62.2 Å². The smallest absolute Gasteiger partial charge is 0.128 e. The van der Waals surface area contributed by atoms with E-state index in [-0.39, 0.29) is 5.54 Å². The summed E-state index contributed by atoms with van der Waals surface area (Å²) < 4.78 is 0. The molecule has 2 atom stereocenters. The van der Waals surface area contributed by atoms with Crippen LogP contribution in [-0.4, -0.2) is 89.7 Å². The minimum atomic E-state index is -0.0846. The Labute approximate surface area is 219 Å². The quantitative estimate of drug-likeness (QED) is 0.576. The van der Waals surface area contributed by atoms with E-state index in [9.17, 15) is 5.26 Å². The van der Waals surface area contributed by atoms with Gasteiger partial charge in [0.25, 0.3) is 0 Å². The van der Waals surface area contributed by atoms with E-state index in [1.54, 1.807) is 6.20 Å². The van der Waals surface area contributed by atoms with Crippen LogP contribution in [-0.2, 0) is 6.42 Å². The summed E-state index contributed by atoms with van der Waals surface area (Å²) in [7, 11) is 0. The van der Waals surface area contributed by atoms with Crippen LogP contribution in [0.3, 0.4) is 0 Å². The molecule has 5 heterocycles. The molecule has 8 heteroatoms. The van der Waals surface area contributed by atoms with Crippen LogP contribution < -0.4 is 15.5 Å². The number of nitrogens with two attached hydrogens (primary N) is 1. The number of pyridine rings is 2. The lowest BCUT2D eigenvalue weighted by molar-refractivity contribution is 0.0356. The molecule has 3 aliphatic heterocycles. The maximum absolute atomic E-state index is 9.54. The first kappa shape index (κ1) is 24.1. The van der Waals surface area contributed by atoms with Crippen molar-refractivity contribution in [3.63, 3.8) is 0 Å². The lowest BCUT2D eigenvalue weighted by Crippen LogP contribution is -2.65. The molecular formula is C29H36N8. The Balaban J connectivity index is 1.10. The summed E-state index contributed by atoms with van der Waals surface area (Å²) in [5, 5.41) is 10.6. The first-order valence-electron chi connectivity index (χ1n) is 13.4. The molecule has 3 fully saturated rings. The number of fused-ring (bicyclic) bond motifs is 2. The fraction of sp³-hybridized carbons (Fsp3) is 0.483. The number of nitrogens with zero attached hydrogens (tertiary/aromatic N) is 7. The van der Waals surface area contributed by atoms with Gasteiger partial charge in [0.15, 0.2) is 0 Å². The van der Waals surface area contributed by atoms with Gasteiger partial charge in [-0.1, -0.05) is 6.07 Å². The molecule has 2 aromatic heterocycles. The molecular weight excluding hydrogens is 460 g/mol. The fourth-order valence-electron chi connectivity index (χ4n) is 6.38. The molecule has 0 amide bonds. The van der Waals surface area contributed by atoms with Gasteiger partial charge in [-0.2, -0.15) is 5.26 Å². The van der Waals surface area contributed by atoms with Crippen molar-refractivity contribution in [3.05, 3.63) is 59.9 Å². The van der Waals surface area contributed by atoms with Gasteiger partial charge in [-0.05, 0) is 56.2 Å². The number of nitriles is 1. The third kappa shape index (κ3) is 4.75. The summed E-state index contributed by atoms with van der Waals surface area (Å²) in [4.78, 5) is 19.3. The third-order valence-electron chi connectivity index (χ3n) is 8.26. The summed E-state index contributed by atoms with van der Waals surface area (Å²) in [5.74, 6) is 1.03. The van der Waals surface area contributed by atoms with Gasteiger partial charge in [0.05, 0.1) is 11.1 Å². The predicted molar refractivity (Wildman–Crippen MR) is 148 cm³/mol. The summed E-state index contributed by atoms with van der Waals surface area (Å²) in [6.07, 6.45) is 4.82. The Morgan fingerprint density at radius 2 is 1.92 bits per heavy atom. The van der Waals surface area contributed by atoms with Gasteiger partial charge < -0.3 is 20.4 Å². The molecule has 0 saturated carbocycles. The van der Waals surface area contributed by atoms with Gasteiger partial charge in [0.2, 0.25) is 0 Å². The lowest BCUT2D eigenvalue weighted by Gasteiger charge is -2.51. The number of anilines is 2. The summed E-state index contributed by atoms with van der Waals surface area (Å²) in [5.41, 5.74) is 9.98. The molecule has 3 aliphatic rings. The highest BCUT2D eigenvalue weighted by molar-refractivity contribution is 5.95. The molecule has 192 valence electrons. The van der Waals surface area contributed by atoms with Crippen molar-refractivity contribution in [2.45, 2.75) is 37.9 Å². The van der Waals surface area contributed by atoms with Crippen molar-refractivity contribution in [1.29, 1.82) is 5.26 Å². The van der Waals surface area contributed by atoms with Crippen LogP contribution >= 0.6 is 0 Å². The molecule has 0 unspecified atom stereocenters. The number of aromatic nitrogens is 2. The van der Waals surface area contributed by atoms with Crippen LogP contribution in [0.5, 0.6) is 0 Å². The van der Waals surface area contributed by atoms with Crippen molar-refractivity contribution in [3.8, 4) is 6.07 Å². The van der Waals surface area contributed by atoms with Crippen molar-refractivity contribution in [2.24, 2.45) is 5.73 Å². The van der Waals surface area contributed by atoms with Crippen LogP contribution in [0, 0.1) is 11.3 Å². The van der Waals surface area contributed by atoms with Gasteiger partial charge in [-0.15, -0.1) is 0 Å². The first-order valence-corrected chi connectivity index (χ1v) is 13.4. The highest BCUT2D eigenvalue weighted by Crippen LogP contribution is 2.32. The molecule has 37 heavy (non-hydrogen) atoms. The van der Waals surface area contributed by atoms with Gasteiger partial charge in [-0.3, -0.25) is 9.88 Å². The zero-order valence-corrected chi connectivity index (χ0v) is 21.8. The van der Waals surface area contributed by atoms with E-state index >= 15 is 0 Å². The lowest BCUT2D eigenvalue weighted by atomic mass is 9.94. The summed E-state index contributed by atoms with van der Waals surface area (Å²) >= 11 is 0. The van der Waals surface area contributed by atoms with Gasteiger partial charge in [0.1, 0.15) is 11.9 Å². The Bertz CT molecular complexity index is 1310. The van der Waals surface area contributed by atoms with Crippen molar-refractivity contribution in [1.82, 2.24) is 19.8 Å². The molecule has 0 radical (unpaired) electrons. The minimum Gasteiger partial charge on any atom is -0.368 e. The molecule has 3 saturated heterocycles. The first-order chi connectivity index (χ1) is 17.9. The van der Waals surface area contributed by atoms with E-state index in [1.165, 1.54) is 11.3 Å². The largest absolute Gasteiger partial charge is 0.368 e. The highest BCUT2D eigenvalue weighted by atomic mass is 15.4. The van der Waals surface area contributed by atoms with Gasteiger partial charge >= 0.3 is 0 Å². The second-order valence-electron chi connectivity index (χ2n) is 11.4. The summed E-state index contributed by atoms with van der Waals surface area (Å²) in [6.45, 7) is 12.5. The summed E-state index contributed by atoms with van der Waals surface area (Å²) in [6, 6.07) is 15.7. The van der Waals surface area contributed by atoms with E-state index < -0.39 is 0 Å². The number of hydrogen-bond donors (Lipinski definition) is 1. The van der Waals surface area contributed by atoms with Crippen molar-refractivity contribution < 1.29 is 0 Å². The molecule has 3 aromatic rings. The van der Waals surface area contributed by atoms with E-state index in [0.717, 1.165) is 75.5 Å². The molecule has 0 aliphatic carbocycles. The zero-order chi connectivity index (χ0) is 25.6. The Morgan fingerprint density at radius 3 is 2.68 bits per heavy atom. The van der Waals surface area contributed by atoms with Crippen LogP contribution in [0.15, 0.2) is 48.8 Å². The Kier molecular flexibility index (Phi) is 6.23. The van der Waals surface area contributed by atoms with E-state index in [0.29, 0.717) is 17.6 Å².